The van der Waals surface area contributed by atoms with Crippen LogP contribution >= 0.6 is 35.6 Å². The molecule has 0 unspecified atom stereocenters. The Morgan fingerprint density at radius 3 is 2.40 bits per heavy atom. The van der Waals surface area contributed by atoms with Gasteiger partial charge in [-0.25, -0.2) is 12.7 Å². The molecule has 0 radical (unpaired) electrons. The van der Waals surface area contributed by atoms with Crippen LogP contribution in [-0.4, -0.2) is 87.6 Å². The van der Waals surface area contributed by atoms with Gasteiger partial charge in [-0.3, -0.25) is 9.89 Å². The van der Waals surface area contributed by atoms with Gasteiger partial charge < -0.3 is 10.2 Å². The molecule has 0 bridgehead atoms. The van der Waals surface area contributed by atoms with Gasteiger partial charge in [0.05, 0.1) is 6.26 Å². The lowest BCUT2D eigenvalue weighted by Crippen LogP contribution is -2.53. The Kier molecular flexibility index (Phi) is 10.1. The summed E-state index contributed by atoms with van der Waals surface area (Å²) in [6, 6.07) is 8.06. The molecule has 30 heavy (non-hydrogen) atoms. The van der Waals surface area contributed by atoms with E-state index in [1.54, 1.807) is 4.31 Å². The highest BCUT2D eigenvalue weighted by Crippen LogP contribution is 2.19. The predicted octanol–water partition coefficient (Wildman–Crippen LogP) is 2.32. The summed E-state index contributed by atoms with van der Waals surface area (Å²) in [4.78, 5) is 9.21. The fraction of sp³-hybridized carbons (Fsp3) is 0.650. The molecule has 2 saturated heterocycles. The number of hydrogen-bond acceptors (Lipinski definition) is 4. The SMILES string of the molecule is CN=C(NCC1CCN(S(C)(=O)=O)CC1)N1CCN(Cc2cccc(Cl)c2)CC1.I. The van der Waals surface area contributed by atoms with E-state index >= 15 is 0 Å². The molecule has 170 valence electrons. The predicted molar refractivity (Wildman–Crippen MR) is 134 cm³/mol. The van der Waals surface area contributed by atoms with Crippen molar-refractivity contribution in [3.05, 3.63) is 34.9 Å². The zero-order valence-corrected chi connectivity index (χ0v) is 21.7. The van der Waals surface area contributed by atoms with Crippen LogP contribution in [0.4, 0.5) is 0 Å². The molecule has 2 fully saturated rings. The number of piperazine rings is 1. The van der Waals surface area contributed by atoms with Crippen molar-refractivity contribution in [3.8, 4) is 0 Å². The summed E-state index contributed by atoms with van der Waals surface area (Å²) in [5.41, 5.74) is 1.24. The van der Waals surface area contributed by atoms with Crippen molar-refractivity contribution in [1.29, 1.82) is 0 Å². The number of sulfonamides is 1. The molecule has 1 aromatic carbocycles. The summed E-state index contributed by atoms with van der Waals surface area (Å²) in [7, 11) is -1.24. The van der Waals surface area contributed by atoms with Gasteiger partial charge in [0.25, 0.3) is 0 Å². The van der Waals surface area contributed by atoms with Crippen molar-refractivity contribution in [2.24, 2.45) is 10.9 Å². The number of guanidine groups is 1. The van der Waals surface area contributed by atoms with Gasteiger partial charge in [0.15, 0.2) is 5.96 Å². The lowest BCUT2D eigenvalue weighted by molar-refractivity contribution is 0.171. The third kappa shape index (κ3) is 7.51. The van der Waals surface area contributed by atoms with Crippen LogP contribution in [0.5, 0.6) is 0 Å². The molecule has 0 spiro atoms. The Hall–Kier alpha value is -0.620. The van der Waals surface area contributed by atoms with Gasteiger partial charge in [-0.05, 0) is 36.5 Å². The Morgan fingerprint density at radius 2 is 1.83 bits per heavy atom. The number of nitrogens with zero attached hydrogens (tertiary/aromatic N) is 4. The number of aliphatic imine (C=N–C) groups is 1. The summed E-state index contributed by atoms with van der Waals surface area (Å²) in [6.45, 7) is 6.84. The lowest BCUT2D eigenvalue weighted by atomic mass is 9.98. The van der Waals surface area contributed by atoms with Gasteiger partial charge in [0, 0.05) is 64.4 Å². The van der Waals surface area contributed by atoms with E-state index in [1.807, 2.05) is 25.2 Å². The fourth-order valence-electron chi connectivity index (χ4n) is 4.02. The molecule has 2 aliphatic rings. The molecule has 1 N–H and O–H groups in total. The Balaban J connectivity index is 0.00000320. The maximum Gasteiger partial charge on any atom is 0.211 e. The highest BCUT2D eigenvalue weighted by Gasteiger charge is 2.26. The van der Waals surface area contributed by atoms with Crippen molar-refractivity contribution in [2.75, 3.05) is 59.1 Å². The maximum atomic E-state index is 11.6. The molecule has 2 heterocycles. The second-order valence-corrected chi connectivity index (χ2v) is 10.3. The van der Waals surface area contributed by atoms with Crippen LogP contribution in [0.3, 0.4) is 0 Å². The molecule has 0 saturated carbocycles. The third-order valence-corrected chi connectivity index (χ3v) is 7.31. The second-order valence-electron chi connectivity index (χ2n) is 7.93. The van der Waals surface area contributed by atoms with Gasteiger partial charge in [-0.1, -0.05) is 23.7 Å². The minimum Gasteiger partial charge on any atom is -0.356 e. The zero-order valence-electron chi connectivity index (χ0n) is 17.8. The number of halogens is 2. The molecule has 10 heteroatoms. The maximum absolute atomic E-state index is 11.6. The zero-order chi connectivity index (χ0) is 20.9. The van der Waals surface area contributed by atoms with Crippen molar-refractivity contribution in [3.63, 3.8) is 0 Å². The number of rotatable bonds is 5. The van der Waals surface area contributed by atoms with Crippen LogP contribution < -0.4 is 5.32 Å². The molecule has 0 aromatic heterocycles. The van der Waals surface area contributed by atoms with Gasteiger partial charge in [-0.2, -0.15) is 0 Å². The van der Waals surface area contributed by atoms with Gasteiger partial charge in [0.2, 0.25) is 10.0 Å². The third-order valence-electron chi connectivity index (χ3n) is 5.77. The van der Waals surface area contributed by atoms with Crippen molar-refractivity contribution < 1.29 is 8.42 Å². The molecule has 7 nitrogen and oxygen atoms in total. The van der Waals surface area contributed by atoms with Crippen molar-refractivity contribution in [1.82, 2.24) is 19.4 Å². The van der Waals surface area contributed by atoms with Crippen LogP contribution in [0.1, 0.15) is 18.4 Å². The number of benzene rings is 1. The molecular weight excluding hydrogens is 537 g/mol. The van der Waals surface area contributed by atoms with Crippen LogP contribution in [0.15, 0.2) is 29.3 Å². The Bertz CT molecular complexity index is 807. The van der Waals surface area contributed by atoms with Gasteiger partial charge in [0.1, 0.15) is 0 Å². The molecule has 0 amide bonds. The first kappa shape index (κ1) is 25.6. The first-order valence-corrected chi connectivity index (χ1v) is 12.5. The van der Waals surface area contributed by atoms with E-state index in [4.69, 9.17) is 11.6 Å². The first-order chi connectivity index (χ1) is 13.8. The van der Waals surface area contributed by atoms with Gasteiger partial charge in [-0.15, -0.1) is 24.0 Å². The van der Waals surface area contributed by atoms with Crippen LogP contribution in [0.2, 0.25) is 5.02 Å². The minimum atomic E-state index is -3.06. The quantitative estimate of drug-likeness (QED) is 0.335. The summed E-state index contributed by atoms with van der Waals surface area (Å²) < 4.78 is 24.9. The second kappa shape index (κ2) is 11.8. The highest BCUT2D eigenvalue weighted by molar-refractivity contribution is 14.0. The number of hydrogen-bond donors (Lipinski definition) is 1. The first-order valence-electron chi connectivity index (χ1n) is 10.2. The molecule has 2 aliphatic heterocycles. The van der Waals surface area contributed by atoms with E-state index in [0.717, 1.165) is 63.1 Å². The number of nitrogens with one attached hydrogen (secondary N) is 1. The monoisotopic (exact) mass is 569 g/mol. The minimum absolute atomic E-state index is 0. The topological polar surface area (TPSA) is 68.2 Å². The van der Waals surface area contributed by atoms with E-state index in [0.29, 0.717) is 19.0 Å². The molecule has 0 aliphatic carbocycles. The summed E-state index contributed by atoms with van der Waals surface area (Å²) >= 11 is 6.09. The highest BCUT2D eigenvalue weighted by atomic mass is 127. The number of piperidine rings is 1. The van der Waals surface area contributed by atoms with Crippen LogP contribution in [-0.2, 0) is 16.6 Å². The molecule has 3 rings (SSSR count). The fourth-order valence-corrected chi connectivity index (χ4v) is 5.11. The normalized spacial score (nSPS) is 20.1. The van der Waals surface area contributed by atoms with Crippen molar-refractivity contribution >= 4 is 51.6 Å². The molecule has 1 aromatic rings. The summed E-state index contributed by atoms with van der Waals surface area (Å²) in [5.74, 6) is 1.42. The van der Waals surface area contributed by atoms with E-state index in [-0.39, 0.29) is 24.0 Å². The Morgan fingerprint density at radius 1 is 1.17 bits per heavy atom. The summed E-state index contributed by atoms with van der Waals surface area (Å²) in [6.07, 6.45) is 3.08. The largest absolute Gasteiger partial charge is 0.356 e. The average molecular weight is 570 g/mol. The van der Waals surface area contributed by atoms with E-state index in [9.17, 15) is 8.42 Å². The standard InChI is InChI=1S/C20H32ClN5O2S.HI/c1-22-20(23-15-17-6-8-26(9-7-17)29(2,27)28)25-12-10-24(11-13-25)16-18-4-3-5-19(21)14-18;/h3-5,14,17H,6-13,15-16H2,1-2H3,(H,22,23);1H. The summed E-state index contributed by atoms with van der Waals surface area (Å²) in [5, 5.41) is 4.29. The van der Waals surface area contributed by atoms with E-state index in [1.165, 1.54) is 11.8 Å². The van der Waals surface area contributed by atoms with E-state index < -0.39 is 10.0 Å². The Labute approximate surface area is 202 Å². The lowest BCUT2D eigenvalue weighted by Gasteiger charge is -2.37. The molecular formula is C20H33ClIN5O2S. The van der Waals surface area contributed by atoms with E-state index in [2.05, 4.69) is 26.2 Å². The van der Waals surface area contributed by atoms with Crippen molar-refractivity contribution in [2.45, 2.75) is 19.4 Å². The smallest absolute Gasteiger partial charge is 0.211 e. The van der Waals surface area contributed by atoms with Crippen LogP contribution in [0.25, 0.3) is 0 Å². The van der Waals surface area contributed by atoms with Gasteiger partial charge >= 0.3 is 0 Å². The average Bonchev–Trinajstić information content (AvgIpc) is 2.69. The van der Waals surface area contributed by atoms with Crippen LogP contribution in [0, 0.1) is 5.92 Å². The molecule has 0 atom stereocenters.